The Hall–Kier alpha value is -1.55. The maximum absolute atomic E-state index is 12.1. The molecular formula is C17H26N2O2. The van der Waals surface area contributed by atoms with E-state index in [1.807, 2.05) is 38.8 Å². The van der Waals surface area contributed by atoms with Gasteiger partial charge in [-0.2, -0.15) is 0 Å². The van der Waals surface area contributed by atoms with E-state index in [9.17, 15) is 4.79 Å². The first kappa shape index (κ1) is 15.8. The summed E-state index contributed by atoms with van der Waals surface area (Å²) in [4.78, 5) is 14.0. The van der Waals surface area contributed by atoms with Crippen LogP contribution in [-0.2, 0) is 4.74 Å². The Morgan fingerprint density at radius 2 is 2.00 bits per heavy atom. The van der Waals surface area contributed by atoms with E-state index in [1.54, 1.807) is 0 Å². The van der Waals surface area contributed by atoms with E-state index >= 15 is 0 Å². The van der Waals surface area contributed by atoms with Crippen LogP contribution >= 0.6 is 0 Å². The van der Waals surface area contributed by atoms with Crippen molar-refractivity contribution in [3.8, 4) is 0 Å². The smallest absolute Gasteiger partial charge is 0.410 e. The van der Waals surface area contributed by atoms with Gasteiger partial charge in [-0.15, -0.1) is 0 Å². The number of nitrogens with one attached hydrogen (secondary N) is 1. The van der Waals surface area contributed by atoms with Crippen molar-refractivity contribution in [3.05, 3.63) is 35.9 Å². The highest BCUT2D eigenvalue weighted by Crippen LogP contribution is 2.30. The van der Waals surface area contributed by atoms with Crippen LogP contribution in [0.15, 0.2) is 30.3 Å². The maximum atomic E-state index is 12.1. The zero-order chi connectivity index (χ0) is 15.5. The fourth-order valence-corrected chi connectivity index (χ4v) is 2.89. The van der Waals surface area contributed by atoms with Gasteiger partial charge >= 0.3 is 6.09 Å². The van der Waals surface area contributed by atoms with Crippen molar-refractivity contribution < 1.29 is 9.53 Å². The van der Waals surface area contributed by atoms with E-state index in [0.717, 1.165) is 19.5 Å². The minimum Gasteiger partial charge on any atom is -0.444 e. The van der Waals surface area contributed by atoms with E-state index in [2.05, 4.69) is 29.6 Å². The molecule has 0 aliphatic carbocycles. The van der Waals surface area contributed by atoms with Crippen LogP contribution in [0.25, 0.3) is 0 Å². The summed E-state index contributed by atoms with van der Waals surface area (Å²) in [5.41, 5.74) is 0.841. The second-order valence-electron chi connectivity index (χ2n) is 6.65. The minimum absolute atomic E-state index is 0.201. The van der Waals surface area contributed by atoms with Crippen molar-refractivity contribution in [2.45, 2.75) is 38.8 Å². The van der Waals surface area contributed by atoms with E-state index in [-0.39, 0.29) is 12.1 Å². The second-order valence-corrected chi connectivity index (χ2v) is 6.65. The molecule has 116 valence electrons. The highest BCUT2D eigenvalue weighted by atomic mass is 16.6. The van der Waals surface area contributed by atoms with Gasteiger partial charge in [0.2, 0.25) is 0 Å². The number of hydrogen-bond donors (Lipinski definition) is 1. The summed E-state index contributed by atoms with van der Waals surface area (Å²) in [5, 5.41) is 3.39. The summed E-state index contributed by atoms with van der Waals surface area (Å²) in [6, 6.07) is 10.7. The Kier molecular flexibility index (Phi) is 4.88. The van der Waals surface area contributed by atoms with E-state index in [0.29, 0.717) is 5.92 Å². The van der Waals surface area contributed by atoms with Crippen molar-refractivity contribution in [3.63, 3.8) is 0 Å². The minimum atomic E-state index is -0.434. The van der Waals surface area contributed by atoms with Crippen LogP contribution in [0.2, 0.25) is 0 Å². The lowest BCUT2D eigenvalue weighted by Gasteiger charge is -2.26. The van der Waals surface area contributed by atoms with Crippen LogP contribution in [0.3, 0.4) is 0 Å². The molecule has 1 fully saturated rings. The largest absolute Gasteiger partial charge is 0.444 e. The molecule has 1 saturated heterocycles. The van der Waals surface area contributed by atoms with Crippen LogP contribution in [0.5, 0.6) is 0 Å². The Morgan fingerprint density at radius 1 is 1.33 bits per heavy atom. The zero-order valence-corrected chi connectivity index (χ0v) is 13.4. The third-order valence-electron chi connectivity index (χ3n) is 3.82. The molecule has 1 aliphatic heterocycles. The first-order valence-corrected chi connectivity index (χ1v) is 7.61. The van der Waals surface area contributed by atoms with Crippen molar-refractivity contribution in [1.29, 1.82) is 0 Å². The quantitative estimate of drug-likeness (QED) is 0.929. The fourth-order valence-electron chi connectivity index (χ4n) is 2.89. The SMILES string of the molecule is CNC(c1ccccc1)C1CCN(C(=O)OC(C)(C)C)C1. The number of hydrogen-bond acceptors (Lipinski definition) is 3. The summed E-state index contributed by atoms with van der Waals surface area (Å²) < 4.78 is 5.46. The molecule has 1 amide bonds. The predicted molar refractivity (Wildman–Crippen MR) is 84.2 cm³/mol. The molecule has 4 heteroatoms. The number of ether oxygens (including phenoxy) is 1. The second kappa shape index (κ2) is 6.48. The van der Waals surface area contributed by atoms with E-state index in [1.165, 1.54) is 5.56 Å². The molecule has 0 bridgehead atoms. The molecule has 0 aromatic heterocycles. The van der Waals surface area contributed by atoms with Gasteiger partial charge in [0, 0.05) is 19.1 Å². The predicted octanol–water partition coefficient (Wildman–Crippen LogP) is 3.20. The molecule has 0 saturated carbocycles. The summed E-state index contributed by atoms with van der Waals surface area (Å²) in [6.07, 6.45) is 0.799. The van der Waals surface area contributed by atoms with Gasteiger partial charge < -0.3 is 15.0 Å². The topological polar surface area (TPSA) is 41.6 Å². The monoisotopic (exact) mass is 290 g/mol. The molecule has 2 rings (SSSR count). The van der Waals surface area contributed by atoms with Gasteiger partial charge in [-0.1, -0.05) is 30.3 Å². The normalized spacial score (nSPS) is 20.4. The lowest BCUT2D eigenvalue weighted by molar-refractivity contribution is 0.0285. The van der Waals surface area contributed by atoms with E-state index < -0.39 is 5.60 Å². The third-order valence-corrected chi connectivity index (χ3v) is 3.82. The van der Waals surface area contributed by atoms with Crippen LogP contribution in [0, 0.1) is 5.92 Å². The van der Waals surface area contributed by atoms with Gasteiger partial charge in [0.15, 0.2) is 0 Å². The molecule has 1 N–H and O–H groups in total. The first-order chi connectivity index (χ1) is 9.90. The maximum Gasteiger partial charge on any atom is 0.410 e. The zero-order valence-electron chi connectivity index (χ0n) is 13.4. The Morgan fingerprint density at radius 3 is 2.57 bits per heavy atom. The molecular weight excluding hydrogens is 264 g/mol. The Bertz CT molecular complexity index is 467. The lowest BCUT2D eigenvalue weighted by atomic mass is 9.92. The highest BCUT2D eigenvalue weighted by Gasteiger charge is 2.33. The van der Waals surface area contributed by atoms with E-state index in [4.69, 9.17) is 4.74 Å². The number of amides is 1. The van der Waals surface area contributed by atoms with Crippen LogP contribution in [-0.4, -0.2) is 36.7 Å². The molecule has 0 spiro atoms. The van der Waals surface area contributed by atoms with Crippen molar-refractivity contribution in [1.82, 2.24) is 10.2 Å². The molecule has 2 atom stereocenters. The molecule has 1 aromatic rings. The fraction of sp³-hybridized carbons (Fsp3) is 0.588. The first-order valence-electron chi connectivity index (χ1n) is 7.61. The highest BCUT2D eigenvalue weighted by molar-refractivity contribution is 5.68. The number of nitrogens with zero attached hydrogens (tertiary/aromatic N) is 1. The van der Waals surface area contributed by atoms with Crippen molar-refractivity contribution in [2.75, 3.05) is 20.1 Å². The summed E-state index contributed by atoms with van der Waals surface area (Å²) in [7, 11) is 1.98. The third kappa shape index (κ3) is 4.21. The number of rotatable bonds is 3. The number of benzene rings is 1. The molecule has 1 heterocycles. The molecule has 0 radical (unpaired) electrons. The Labute approximate surface area is 127 Å². The van der Waals surface area contributed by atoms with Gasteiger partial charge in [0.1, 0.15) is 5.60 Å². The average molecular weight is 290 g/mol. The standard InChI is InChI=1S/C17H26N2O2/c1-17(2,3)21-16(20)19-11-10-14(12-19)15(18-4)13-8-6-5-7-9-13/h5-9,14-15,18H,10-12H2,1-4H3. The molecule has 4 nitrogen and oxygen atoms in total. The average Bonchev–Trinajstić information content (AvgIpc) is 2.89. The van der Waals surface area contributed by atoms with Crippen molar-refractivity contribution in [2.24, 2.45) is 5.92 Å². The number of carbonyl (C=O) groups is 1. The van der Waals surface area contributed by atoms with Crippen LogP contribution < -0.4 is 5.32 Å². The number of carbonyl (C=O) groups excluding carboxylic acids is 1. The van der Waals surface area contributed by atoms with Crippen LogP contribution in [0.1, 0.15) is 38.8 Å². The number of likely N-dealkylation sites (tertiary alicyclic amines) is 1. The van der Waals surface area contributed by atoms with Gasteiger partial charge in [-0.3, -0.25) is 0 Å². The summed E-state index contributed by atoms with van der Waals surface area (Å²) in [6.45, 7) is 7.22. The van der Waals surface area contributed by atoms with Crippen LogP contribution in [0.4, 0.5) is 4.79 Å². The molecule has 1 aliphatic rings. The Balaban J connectivity index is 1.99. The van der Waals surface area contributed by atoms with Gasteiger partial charge in [0.05, 0.1) is 0 Å². The van der Waals surface area contributed by atoms with Gasteiger partial charge in [-0.05, 0) is 45.7 Å². The lowest BCUT2D eigenvalue weighted by Crippen LogP contribution is -2.36. The summed E-state index contributed by atoms with van der Waals surface area (Å²) in [5.74, 6) is 0.421. The van der Waals surface area contributed by atoms with Gasteiger partial charge in [0.25, 0.3) is 0 Å². The van der Waals surface area contributed by atoms with Crippen molar-refractivity contribution >= 4 is 6.09 Å². The van der Waals surface area contributed by atoms with Gasteiger partial charge in [-0.25, -0.2) is 4.79 Å². The summed E-state index contributed by atoms with van der Waals surface area (Å²) >= 11 is 0. The molecule has 1 aromatic carbocycles. The molecule has 21 heavy (non-hydrogen) atoms. The molecule has 2 unspecified atom stereocenters.